The fourth-order valence-corrected chi connectivity index (χ4v) is 7.72. The van der Waals surface area contributed by atoms with Gasteiger partial charge in [-0.15, -0.1) is 0 Å². The van der Waals surface area contributed by atoms with Gasteiger partial charge in [-0.25, -0.2) is 0 Å². The zero-order valence-electron chi connectivity index (χ0n) is 14.0. The second-order valence-corrected chi connectivity index (χ2v) is 9.64. The van der Waals surface area contributed by atoms with Crippen LogP contribution in [0.4, 0.5) is 0 Å². The first-order chi connectivity index (χ1) is 9.53. The van der Waals surface area contributed by atoms with Gasteiger partial charge in [-0.3, -0.25) is 0 Å². The van der Waals surface area contributed by atoms with Crippen molar-refractivity contribution in [1.29, 1.82) is 0 Å². The molecule has 4 saturated carbocycles. The Hall–Kier alpha value is 0. The molecule has 4 aliphatic rings. The molecule has 0 heterocycles. The number of hydrogen-bond donors (Lipinski definition) is 0. The van der Waals surface area contributed by atoms with Gasteiger partial charge in [-0.2, -0.15) is 0 Å². The molecule has 0 aromatic rings. The minimum Gasteiger partial charge on any atom is -0.0625 e. The summed E-state index contributed by atoms with van der Waals surface area (Å²) in [4.78, 5) is 0. The van der Waals surface area contributed by atoms with Crippen molar-refractivity contribution < 1.29 is 0 Å². The van der Waals surface area contributed by atoms with Gasteiger partial charge in [0.05, 0.1) is 0 Å². The van der Waals surface area contributed by atoms with Crippen LogP contribution >= 0.6 is 0 Å². The smallest absolute Gasteiger partial charge is 0.0266 e. The minimum absolute atomic E-state index is 0.721. The van der Waals surface area contributed by atoms with Crippen LogP contribution in [0.15, 0.2) is 0 Å². The van der Waals surface area contributed by atoms with Crippen LogP contribution in [0.25, 0.3) is 0 Å². The SMILES string of the molecule is C[C@@H]1C[C@H]2[C@@H]3CC[C@H]4CCCC[C@]4(C)[C@H]3CC[C@]2(C)C1. The molecule has 4 rings (SSSR count). The third-order valence-electron chi connectivity index (χ3n) is 8.57. The highest BCUT2D eigenvalue weighted by Crippen LogP contribution is 2.66. The van der Waals surface area contributed by atoms with E-state index in [9.17, 15) is 0 Å². The van der Waals surface area contributed by atoms with Crippen molar-refractivity contribution in [2.75, 3.05) is 0 Å². The summed E-state index contributed by atoms with van der Waals surface area (Å²) in [6, 6.07) is 0. The lowest BCUT2D eigenvalue weighted by Gasteiger charge is -2.60. The Kier molecular flexibility index (Phi) is 3.07. The lowest BCUT2D eigenvalue weighted by Crippen LogP contribution is -2.51. The molecule has 20 heavy (non-hydrogen) atoms. The highest BCUT2D eigenvalue weighted by Gasteiger charge is 2.57. The highest BCUT2D eigenvalue weighted by molar-refractivity contribution is 5.07. The van der Waals surface area contributed by atoms with E-state index in [-0.39, 0.29) is 0 Å². The fourth-order valence-electron chi connectivity index (χ4n) is 7.72. The van der Waals surface area contributed by atoms with Gasteiger partial charge in [0, 0.05) is 0 Å². The van der Waals surface area contributed by atoms with Gasteiger partial charge in [-0.05, 0) is 91.8 Å². The molecule has 0 saturated heterocycles. The van der Waals surface area contributed by atoms with Crippen LogP contribution in [0.5, 0.6) is 0 Å². The molecule has 0 aromatic carbocycles. The van der Waals surface area contributed by atoms with E-state index in [1.54, 1.807) is 44.9 Å². The molecule has 0 N–H and O–H groups in total. The lowest BCUT2D eigenvalue weighted by molar-refractivity contribution is -0.103. The minimum atomic E-state index is 0.721. The Balaban J connectivity index is 1.64. The van der Waals surface area contributed by atoms with E-state index in [1.807, 2.05) is 0 Å². The van der Waals surface area contributed by atoms with Crippen molar-refractivity contribution >= 4 is 0 Å². The van der Waals surface area contributed by atoms with Gasteiger partial charge in [-0.1, -0.05) is 33.6 Å². The molecule has 0 unspecified atom stereocenters. The second-order valence-electron chi connectivity index (χ2n) is 9.64. The number of hydrogen-bond acceptors (Lipinski definition) is 0. The molecular formula is C20H34. The van der Waals surface area contributed by atoms with Gasteiger partial charge in [0.15, 0.2) is 0 Å². The zero-order valence-corrected chi connectivity index (χ0v) is 14.0. The predicted molar refractivity (Wildman–Crippen MR) is 85.5 cm³/mol. The first-order valence-corrected chi connectivity index (χ1v) is 9.53. The van der Waals surface area contributed by atoms with E-state index in [0.29, 0.717) is 0 Å². The summed E-state index contributed by atoms with van der Waals surface area (Å²) in [6.07, 6.45) is 15.5. The molecule has 0 aliphatic heterocycles. The molecule has 0 aromatic heterocycles. The molecule has 7 atom stereocenters. The largest absolute Gasteiger partial charge is 0.0625 e. The molecule has 0 nitrogen and oxygen atoms in total. The first kappa shape index (κ1) is 13.6. The van der Waals surface area contributed by atoms with Crippen molar-refractivity contribution in [2.24, 2.45) is 40.4 Å². The summed E-state index contributed by atoms with van der Waals surface area (Å²) in [5.74, 6) is 5.35. The Morgan fingerprint density at radius 1 is 0.850 bits per heavy atom. The van der Waals surface area contributed by atoms with E-state index in [2.05, 4.69) is 20.8 Å². The predicted octanol–water partition coefficient (Wildman–Crippen LogP) is 6.06. The van der Waals surface area contributed by atoms with Crippen molar-refractivity contribution in [2.45, 2.75) is 85.0 Å². The molecule has 4 fully saturated rings. The third-order valence-corrected chi connectivity index (χ3v) is 8.57. The Labute approximate surface area is 126 Å². The average molecular weight is 274 g/mol. The summed E-state index contributed by atoms with van der Waals surface area (Å²) in [5.41, 5.74) is 1.45. The lowest BCUT2D eigenvalue weighted by atomic mass is 9.45. The first-order valence-electron chi connectivity index (χ1n) is 9.53. The van der Waals surface area contributed by atoms with E-state index >= 15 is 0 Å². The van der Waals surface area contributed by atoms with E-state index in [4.69, 9.17) is 0 Å². The zero-order chi connectivity index (χ0) is 14.0. The summed E-state index contributed by atoms with van der Waals surface area (Å²) >= 11 is 0. The maximum Gasteiger partial charge on any atom is -0.0266 e. The average Bonchev–Trinajstić information content (AvgIpc) is 2.72. The van der Waals surface area contributed by atoms with Crippen LogP contribution < -0.4 is 0 Å². The van der Waals surface area contributed by atoms with Gasteiger partial charge in [0.25, 0.3) is 0 Å². The van der Waals surface area contributed by atoms with Gasteiger partial charge < -0.3 is 0 Å². The maximum atomic E-state index is 2.70. The van der Waals surface area contributed by atoms with Crippen LogP contribution in [-0.2, 0) is 0 Å². The summed E-state index contributed by atoms with van der Waals surface area (Å²) in [5, 5.41) is 0. The molecule has 114 valence electrons. The monoisotopic (exact) mass is 274 g/mol. The molecule has 4 aliphatic carbocycles. The summed E-state index contributed by atoms with van der Waals surface area (Å²) in [6.45, 7) is 7.87. The normalized spacial score (nSPS) is 58.6. The Morgan fingerprint density at radius 2 is 1.70 bits per heavy atom. The fraction of sp³-hybridized carbons (Fsp3) is 1.00. The maximum absolute atomic E-state index is 2.70. The quantitative estimate of drug-likeness (QED) is 0.504. The Bertz CT molecular complexity index is 385. The second kappa shape index (κ2) is 4.50. The van der Waals surface area contributed by atoms with E-state index in [0.717, 1.165) is 40.4 Å². The van der Waals surface area contributed by atoms with Crippen LogP contribution in [0.1, 0.15) is 85.0 Å². The van der Waals surface area contributed by atoms with Crippen LogP contribution in [0.2, 0.25) is 0 Å². The van der Waals surface area contributed by atoms with Crippen molar-refractivity contribution in [3.05, 3.63) is 0 Å². The van der Waals surface area contributed by atoms with E-state index < -0.39 is 0 Å². The number of rotatable bonds is 0. The highest BCUT2D eigenvalue weighted by atomic mass is 14.6. The molecule has 0 bridgehead atoms. The topological polar surface area (TPSA) is 0 Å². The van der Waals surface area contributed by atoms with Crippen LogP contribution in [0.3, 0.4) is 0 Å². The molecule has 0 heteroatoms. The van der Waals surface area contributed by atoms with Gasteiger partial charge in [0.2, 0.25) is 0 Å². The van der Waals surface area contributed by atoms with Crippen molar-refractivity contribution in [1.82, 2.24) is 0 Å². The van der Waals surface area contributed by atoms with Gasteiger partial charge >= 0.3 is 0 Å². The summed E-state index contributed by atoms with van der Waals surface area (Å²) < 4.78 is 0. The van der Waals surface area contributed by atoms with Crippen LogP contribution in [-0.4, -0.2) is 0 Å². The standard InChI is InChI=1S/C20H34/c1-14-12-18-16-8-7-15-6-4-5-10-20(15,3)17(16)9-11-19(18,2)13-14/h14-18H,4-13H2,1-3H3/t14-,15-,16-,17+,18+,19-,20+/m1/s1. The van der Waals surface area contributed by atoms with Crippen molar-refractivity contribution in [3.8, 4) is 0 Å². The molecule has 0 spiro atoms. The van der Waals surface area contributed by atoms with Gasteiger partial charge in [0.1, 0.15) is 0 Å². The molecule has 0 radical (unpaired) electrons. The molecule has 0 amide bonds. The third kappa shape index (κ3) is 1.78. The van der Waals surface area contributed by atoms with Crippen molar-refractivity contribution in [3.63, 3.8) is 0 Å². The Morgan fingerprint density at radius 3 is 2.55 bits per heavy atom. The number of fused-ring (bicyclic) bond motifs is 5. The summed E-state index contributed by atoms with van der Waals surface area (Å²) in [7, 11) is 0. The molecular weight excluding hydrogens is 240 g/mol. The van der Waals surface area contributed by atoms with E-state index in [1.165, 1.54) is 19.3 Å². The van der Waals surface area contributed by atoms with Crippen LogP contribution in [0, 0.1) is 40.4 Å².